The summed E-state index contributed by atoms with van der Waals surface area (Å²) in [4.78, 5) is 4.25. The molecule has 0 unspecified atom stereocenters. The van der Waals surface area contributed by atoms with Crippen molar-refractivity contribution in [1.82, 2.24) is 4.98 Å². The van der Waals surface area contributed by atoms with Gasteiger partial charge in [-0.1, -0.05) is 71.3 Å². The summed E-state index contributed by atoms with van der Waals surface area (Å²) >= 11 is 6.47. The molecule has 4 nitrogen and oxygen atoms in total. The second kappa shape index (κ2) is 8.72. The molecule has 1 heterocycles. The van der Waals surface area contributed by atoms with Gasteiger partial charge in [0.25, 0.3) is 0 Å². The van der Waals surface area contributed by atoms with Gasteiger partial charge in [-0.3, -0.25) is 5.43 Å². The van der Waals surface area contributed by atoms with Crippen molar-refractivity contribution in [3.05, 3.63) is 88.2 Å². The number of anilines is 1. The van der Waals surface area contributed by atoms with Crippen LogP contribution in [0.2, 0.25) is 5.15 Å². The van der Waals surface area contributed by atoms with Crippen molar-refractivity contribution < 1.29 is 5.11 Å². The summed E-state index contributed by atoms with van der Waals surface area (Å²) in [6, 6.07) is 17.5. The summed E-state index contributed by atoms with van der Waals surface area (Å²) in [6.07, 6.45) is 1.66. The highest BCUT2D eigenvalue weighted by molar-refractivity contribution is 6.34. The van der Waals surface area contributed by atoms with E-state index < -0.39 is 0 Å². The number of halogens is 1. The van der Waals surface area contributed by atoms with E-state index in [0.29, 0.717) is 16.6 Å². The first-order valence-electron chi connectivity index (χ1n) is 10.4. The molecule has 0 bridgehead atoms. The number of rotatable bonds is 4. The number of nitrogens with one attached hydrogen (secondary N) is 1. The fourth-order valence-electron chi connectivity index (χ4n) is 3.39. The molecule has 1 aromatic heterocycles. The van der Waals surface area contributed by atoms with Crippen LogP contribution in [-0.4, -0.2) is 15.8 Å². The third-order valence-electron chi connectivity index (χ3n) is 5.08. The number of pyridine rings is 1. The molecule has 0 aliphatic rings. The summed E-state index contributed by atoms with van der Waals surface area (Å²) in [7, 11) is 0. The number of nitrogens with zero attached hydrogens (tertiary/aromatic N) is 2. The summed E-state index contributed by atoms with van der Waals surface area (Å²) in [5.41, 5.74) is 7.48. The maximum atomic E-state index is 11.1. The molecular formula is C26H30ClN3O. The predicted octanol–water partition coefficient (Wildman–Crippen LogP) is 6.90. The van der Waals surface area contributed by atoms with Gasteiger partial charge in [0.1, 0.15) is 16.6 Å². The lowest BCUT2D eigenvalue weighted by molar-refractivity contribution is 0.423. The SMILES string of the molecule is CC(C)(C)c1cc(C(=NNc2ccccc2)c2cccnc2Cl)cc(C(C)(C)C)c1O. The molecule has 162 valence electrons. The van der Waals surface area contributed by atoms with E-state index in [1.165, 1.54) is 0 Å². The molecule has 2 N–H and O–H groups in total. The molecule has 3 aromatic rings. The number of para-hydroxylation sites is 1. The normalized spacial score (nSPS) is 12.7. The molecule has 3 rings (SSSR count). The average Bonchev–Trinajstić information content (AvgIpc) is 2.69. The van der Waals surface area contributed by atoms with Crippen LogP contribution >= 0.6 is 11.6 Å². The van der Waals surface area contributed by atoms with E-state index in [-0.39, 0.29) is 10.8 Å². The van der Waals surface area contributed by atoms with Crippen LogP contribution in [-0.2, 0) is 10.8 Å². The highest BCUT2D eigenvalue weighted by Crippen LogP contribution is 2.40. The van der Waals surface area contributed by atoms with Gasteiger partial charge in [0.15, 0.2) is 0 Å². The number of aromatic nitrogens is 1. The Labute approximate surface area is 190 Å². The highest BCUT2D eigenvalue weighted by atomic mass is 35.5. The van der Waals surface area contributed by atoms with Crippen molar-refractivity contribution in [3.8, 4) is 5.75 Å². The topological polar surface area (TPSA) is 57.5 Å². The number of hydrogen-bond donors (Lipinski definition) is 2. The van der Waals surface area contributed by atoms with Gasteiger partial charge in [0, 0.05) is 28.5 Å². The number of hydrogen-bond acceptors (Lipinski definition) is 4. The summed E-state index contributed by atoms with van der Waals surface area (Å²) in [5, 5.41) is 16.2. The zero-order valence-electron chi connectivity index (χ0n) is 19.0. The second-order valence-electron chi connectivity index (χ2n) is 9.70. The number of aromatic hydroxyl groups is 1. The second-order valence-corrected chi connectivity index (χ2v) is 10.1. The molecule has 0 fully saturated rings. The third kappa shape index (κ3) is 5.26. The molecule has 5 heteroatoms. The molecule has 0 spiro atoms. The molecular weight excluding hydrogens is 406 g/mol. The van der Waals surface area contributed by atoms with E-state index in [1.807, 2.05) is 54.6 Å². The Kier molecular flexibility index (Phi) is 6.42. The molecule has 0 aliphatic heterocycles. The van der Waals surface area contributed by atoms with Gasteiger partial charge < -0.3 is 5.11 Å². The van der Waals surface area contributed by atoms with Gasteiger partial charge >= 0.3 is 0 Å². The summed E-state index contributed by atoms with van der Waals surface area (Å²) in [5.74, 6) is 0.330. The molecule has 0 amide bonds. The van der Waals surface area contributed by atoms with Crippen molar-refractivity contribution in [2.24, 2.45) is 5.10 Å². The van der Waals surface area contributed by atoms with Crippen LogP contribution in [0.3, 0.4) is 0 Å². The Morgan fingerprint density at radius 1 is 0.903 bits per heavy atom. The van der Waals surface area contributed by atoms with Gasteiger partial charge in [-0.2, -0.15) is 5.10 Å². The van der Waals surface area contributed by atoms with Gasteiger partial charge in [0.2, 0.25) is 0 Å². The maximum Gasteiger partial charge on any atom is 0.138 e. The molecule has 0 saturated carbocycles. The predicted molar refractivity (Wildman–Crippen MR) is 130 cm³/mol. The maximum absolute atomic E-state index is 11.1. The van der Waals surface area contributed by atoms with Crippen LogP contribution in [0.5, 0.6) is 5.75 Å². The zero-order valence-corrected chi connectivity index (χ0v) is 19.7. The first kappa shape index (κ1) is 22.8. The van der Waals surface area contributed by atoms with Crippen molar-refractivity contribution in [3.63, 3.8) is 0 Å². The van der Waals surface area contributed by atoms with Crippen LogP contribution in [0.25, 0.3) is 0 Å². The smallest absolute Gasteiger partial charge is 0.138 e. The largest absolute Gasteiger partial charge is 0.507 e. The lowest BCUT2D eigenvalue weighted by Crippen LogP contribution is -2.19. The molecule has 0 aliphatic carbocycles. The number of hydrazone groups is 1. The molecule has 2 aromatic carbocycles. The average molecular weight is 436 g/mol. The minimum atomic E-state index is -0.253. The molecule has 0 radical (unpaired) electrons. The first-order chi connectivity index (χ1) is 14.5. The standard InChI is InChI=1S/C26H30ClN3O/c1-25(2,3)20-15-17(16-21(23(20)31)26(4,5)6)22(19-13-10-14-28-24(19)27)30-29-18-11-8-7-9-12-18/h7-16,29,31H,1-6H3. The monoisotopic (exact) mass is 435 g/mol. The Balaban J connectivity index is 2.27. The van der Waals surface area contributed by atoms with Crippen molar-refractivity contribution in [2.75, 3.05) is 5.43 Å². The molecule has 31 heavy (non-hydrogen) atoms. The first-order valence-corrected chi connectivity index (χ1v) is 10.7. The number of phenolic OH excluding ortho intramolecular Hbond substituents is 1. The highest BCUT2D eigenvalue weighted by Gasteiger charge is 2.28. The van der Waals surface area contributed by atoms with E-state index in [9.17, 15) is 5.11 Å². The molecule has 0 atom stereocenters. The van der Waals surface area contributed by atoms with E-state index >= 15 is 0 Å². The van der Waals surface area contributed by atoms with E-state index in [1.54, 1.807) is 6.20 Å². The Hall–Kier alpha value is -2.85. The van der Waals surface area contributed by atoms with Crippen LogP contribution in [0.1, 0.15) is 63.8 Å². The summed E-state index contributed by atoms with van der Waals surface area (Å²) < 4.78 is 0. The molecule has 0 saturated heterocycles. The Morgan fingerprint density at radius 2 is 1.48 bits per heavy atom. The van der Waals surface area contributed by atoms with Crippen molar-refractivity contribution >= 4 is 23.0 Å². The fourth-order valence-corrected chi connectivity index (χ4v) is 3.60. The number of phenols is 1. The third-order valence-corrected chi connectivity index (χ3v) is 5.39. The Bertz CT molecular complexity index is 1060. The van der Waals surface area contributed by atoms with Crippen LogP contribution in [0, 0.1) is 0 Å². The lowest BCUT2D eigenvalue weighted by atomic mass is 9.77. The van der Waals surface area contributed by atoms with Crippen LogP contribution in [0.4, 0.5) is 5.69 Å². The lowest BCUT2D eigenvalue weighted by Gasteiger charge is -2.28. The van der Waals surface area contributed by atoms with Gasteiger partial charge in [0.05, 0.1) is 5.69 Å². The van der Waals surface area contributed by atoms with E-state index in [4.69, 9.17) is 16.7 Å². The van der Waals surface area contributed by atoms with Gasteiger partial charge in [-0.25, -0.2) is 4.98 Å². The quantitative estimate of drug-likeness (QED) is 0.266. The summed E-state index contributed by atoms with van der Waals surface area (Å²) in [6.45, 7) is 12.5. The van der Waals surface area contributed by atoms with Crippen molar-refractivity contribution in [2.45, 2.75) is 52.4 Å². The fraction of sp³-hybridized carbons (Fsp3) is 0.308. The van der Waals surface area contributed by atoms with E-state index in [2.05, 4.69) is 52.0 Å². The minimum Gasteiger partial charge on any atom is -0.507 e. The van der Waals surface area contributed by atoms with Crippen LogP contribution < -0.4 is 5.43 Å². The van der Waals surface area contributed by atoms with Crippen LogP contribution in [0.15, 0.2) is 65.9 Å². The van der Waals surface area contributed by atoms with E-state index in [0.717, 1.165) is 27.9 Å². The van der Waals surface area contributed by atoms with Gasteiger partial charge in [-0.15, -0.1) is 0 Å². The minimum absolute atomic E-state index is 0.253. The van der Waals surface area contributed by atoms with Gasteiger partial charge in [-0.05, 0) is 47.2 Å². The zero-order chi connectivity index (χ0) is 22.8. The Morgan fingerprint density at radius 3 is 2.00 bits per heavy atom. The number of benzene rings is 2. The van der Waals surface area contributed by atoms with Crippen molar-refractivity contribution in [1.29, 1.82) is 0 Å².